The molecule has 0 aromatic rings. The Hall–Kier alpha value is -1.59. The van der Waals surface area contributed by atoms with Crippen molar-refractivity contribution < 1.29 is 14.4 Å². The molecule has 0 atom stereocenters. The normalized spacial score (nSPS) is 20.8. The molecule has 6 nitrogen and oxygen atoms in total. The van der Waals surface area contributed by atoms with Crippen LogP contribution in [-0.4, -0.2) is 60.2 Å². The minimum Gasteiger partial charge on any atom is -0.352 e. The van der Waals surface area contributed by atoms with E-state index >= 15 is 0 Å². The van der Waals surface area contributed by atoms with Crippen LogP contribution in [0.25, 0.3) is 0 Å². The van der Waals surface area contributed by atoms with Gasteiger partial charge in [-0.2, -0.15) is 0 Å². The summed E-state index contributed by atoms with van der Waals surface area (Å²) >= 11 is 0. The zero-order valence-electron chi connectivity index (χ0n) is 14.3. The Bertz CT molecular complexity index is 434. The molecular weight excluding hydrogens is 294 g/mol. The monoisotopic (exact) mass is 323 g/mol. The minimum absolute atomic E-state index is 0.144. The molecule has 0 spiro atoms. The Morgan fingerprint density at radius 2 is 1.57 bits per heavy atom. The second-order valence-electron chi connectivity index (χ2n) is 7.22. The van der Waals surface area contributed by atoms with Crippen molar-refractivity contribution in [2.75, 3.05) is 26.2 Å². The first-order valence-electron chi connectivity index (χ1n) is 8.75. The first-order valence-corrected chi connectivity index (χ1v) is 8.75. The molecule has 0 aromatic carbocycles. The summed E-state index contributed by atoms with van der Waals surface area (Å²) in [5.41, 5.74) is -1.06. The lowest BCUT2D eigenvalue weighted by molar-refractivity contribution is -0.150. The number of piperazine rings is 1. The number of hydrogen-bond donors (Lipinski definition) is 1. The topological polar surface area (TPSA) is 69.7 Å². The number of amides is 3. The first kappa shape index (κ1) is 17.8. The molecule has 0 radical (unpaired) electrons. The predicted molar refractivity (Wildman–Crippen MR) is 87.6 cm³/mol. The summed E-state index contributed by atoms with van der Waals surface area (Å²) in [6.07, 6.45) is 7.58. The summed E-state index contributed by atoms with van der Waals surface area (Å²) in [5.74, 6) is -0.318. The van der Waals surface area contributed by atoms with Crippen molar-refractivity contribution in [3.05, 3.63) is 0 Å². The van der Waals surface area contributed by atoms with Gasteiger partial charge in [0.25, 0.3) is 0 Å². The van der Waals surface area contributed by atoms with E-state index in [1.165, 1.54) is 12.8 Å². The third-order valence-electron chi connectivity index (χ3n) is 5.04. The molecule has 1 N–H and O–H groups in total. The number of hydrogen-bond acceptors (Lipinski definition) is 3. The Labute approximate surface area is 138 Å². The van der Waals surface area contributed by atoms with Gasteiger partial charge in [-0.3, -0.25) is 14.4 Å². The molecule has 130 valence electrons. The minimum atomic E-state index is -1.06. The van der Waals surface area contributed by atoms with Crippen LogP contribution >= 0.6 is 0 Å². The third kappa shape index (κ3) is 4.45. The van der Waals surface area contributed by atoms with Crippen LogP contribution in [0.3, 0.4) is 0 Å². The number of nitrogens with one attached hydrogen (secondary N) is 1. The maximum atomic E-state index is 12.7. The van der Waals surface area contributed by atoms with Gasteiger partial charge in [0.1, 0.15) is 5.41 Å². The fourth-order valence-electron chi connectivity index (χ4n) is 3.31. The van der Waals surface area contributed by atoms with Crippen LogP contribution in [0.5, 0.6) is 0 Å². The van der Waals surface area contributed by atoms with Crippen LogP contribution in [0.4, 0.5) is 0 Å². The Kier molecular flexibility index (Phi) is 6.02. The average Bonchev–Trinajstić information content (AvgIpc) is 2.82. The van der Waals surface area contributed by atoms with Gasteiger partial charge < -0.3 is 15.1 Å². The van der Waals surface area contributed by atoms with Gasteiger partial charge in [-0.1, -0.05) is 25.7 Å². The van der Waals surface area contributed by atoms with Crippen molar-refractivity contribution in [2.24, 2.45) is 5.41 Å². The molecule has 0 aromatic heterocycles. The Balaban J connectivity index is 1.91. The smallest absolute Gasteiger partial charge is 0.237 e. The van der Waals surface area contributed by atoms with Crippen molar-refractivity contribution in [2.45, 2.75) is 58.4 Å². The lowest BCUT2D eigenvalue weighted by Crippen LogP contribution is -2.56. The van der Waals surface area contributed by atoms with Crippen LogP contribution in [0, 0.1) is 5.41 Å². The van der Waals surface area contributed by atoms with E-state index in [2.05, 4.69) is 5.32 Å². The highest BCUT2D eigenvalue weighted by molar-refractivity contribution is 6.04. The van der Waals surface area contributed by atoms with Gasteiger partial charge >= 0.3 is 0 Å². The summed E-state index contributed by atoms with van der Waals surface area (Å²) in [5, 5.41) is 3.09. The molecule has 23 heavy (non-hydrogen) atoms. The van der Waals surface area contributed by atoms with E-state index in [-0.39, 0.29) is 17.9 Å². The van der Waals surface area contributed by atoms with Gasteiger partial charge in [0, 0.05) is 32.2 Å². The first-order chi connectivity index (χ1) is 10.9. The molecule has 2 rings (SSSR count). The zero-order valence-corrected chi connectivity index (χ0v) is 14.3. The number of carbonyl (C=O) groups is 3. The van der Waals surface area contributed by atoms with Crippen molar-refractivity contribution in [1.82, 2.24) is 15.1 Å². The Morgan fingerprint density at radius 3 is 2.09 bits per heavy atom. The largest absolute Gasteiger partial charge is 0.352 e. The summed E-state index contributed by atoms with van der Waals surface area (Å²) in [7, 11) is 0. The lowest BCUT2D eigenvalue weighted by Gasteiger charge is -2.37. The highest BCUT2D eigenvalue weighted by Crippen LogP contribution is 2.23. The van der Waals surface area contributed by atoms with E-state index in [0.717, 1.165) is 32.1 Å². The highest BCUT2D eigenvalue weighted by Gasteiger charge is 2.40. The molecule has 1 aliphatic carbocycles. The third-order valence-corrected chi connectivity index (χ3v) is 5.04. The van der Waals surface area contributed by atoms with Crippen molar-refractivity contribution >= 4 is 18.2 Å². The van der Waals surface area contributed by atoms with Crippen molar-refractivity contribution in [3.8, 4) is 0 Å². The number of nitrogens with zero attached hydrogens (tertiary/aromatic N) is 2. The lowest BCUT2D eigenvalue weighted by atomic mass is 9.89. The predicted octanol–water partition coefficient (Wildman–Crippen LogP) is 1.15. The van der Waals surface area contributed by atoms with Gasteiger partial charge in [0.05, 0.1) is 0 Å². The van der Waals surface area contributed by atoms with Gasteiger partial charge in [-0.05, 0) is 26.7 Å². The van der Waals surface area contributed by atoms with Gasteiger partial charge in [-0.25, -0.2) is 0 Å². The van der Waals surface area contributed by atoms with Gasteiger partial charge in [-0.15, -0.1) is 0 Å². The van der Waals surface area contributed by atoms with E-state index in [0.29, 0.717) is 26.2 Å². The van der Waals surface area contributed by atoms with Crippen molar-refractivity contribution in [3.63, 3.8) is 0 Å². The number of carbonyl (C=O) groups excluding carboxylic acids is 3. The van der Waals surface area contributed by atoms with E-state index in [1.54, 1.807) is 23.6 Å². The quantitative estimate of drug-likeness (QED) is 0.479. The molecule has 0 bridgehead atoms. The zero-order chi connectivity index (χ0) is 16.9. The SMILES string of the molecule is CC(C)(C(=O)NC1CCCCCC1)C(=O)N1CCN(C=O)CC1. The maximum Gasteiger partial charge on any atom is 0.237 e. The van der Waals surface area contributed by atoms with Gasteiger partial charge in [0.2, 0.25) is 18.2 Å². The molecule has 1 saturated heterocycles. The van der Waals surface area contributed by atoms with E-state index < -0.39 is 5.41 Å². The van der Waals surface area contributed by atoms with Crippen molar-refractivity contribution in [1.29, 1.82) is 0 Å². The van der Waals surface area contributed by atoms with Gasteiger partial charge in [0.15, 0.2) is 0 Å². The van der Waals surface area contributed by atoms with E-state index in [4.69, 9.17) is 0 Å². The summed E-state index contributed by atoms with van der Waals surface area (Å²) in [6.45, 7) is 5.47. The molecule has 2 fully saturated rings. The number of rotatable bonds is 4. The standard InChI is InChI=1S/C17H29N3O3/c1-17(2,15(22)18-14-7-5-3-4-6-8-14)16(23)20-11-9-19(13-21)10-12-20/h13-14H,3-12H2,1-2H3,(H,18,22). The fraction of sp³-hybridized carbons (Fsp3) is 0.824. The second-order valence-corrected chi connectivity index (χ2v) is 7.22. The summed E-state index contributed by atoms with van der Waals surface area (Å²) in [4.78, 5) is 39.5. The molecule has 1 aliphatic heterocycles. The second kappa shape index (κ2) is 7.79. The molecule has 1 heterocycles. The van der Waals surface area contributed by atoms with Crippen LogP contribution in [0.1, 0.15) is 52.4 Å². The molecular formula is C17H29N3O3. The molecule has 6 heteroatoms. The average molecular weight is 323 g/mol. The Morgan fingerprint density at radius 1 is 1.00 bits per heavy atom. The molecule has 3 amide bonds. The van der Waals surface area contributed by atoms with Crippen LogP contribution in [0.2, 0.25) is 0 Å². The summed E-state index contributed by atoms with van der Waals surface area (Å²) in [6, 6.07) is 0.198. The van der Waals surface area contributed by atoms with Crippen LogP contribution < -0.4 is 5.32 Å². The molecule has 1 saturated carbocycles. The molecule has 2 aliphatic rings. The molecule has 0 unspecified atom stereocenters. The van der Waals surface area contributed by atoms with Crippen LogP contribution in [-0.2, 0) is 14.4 Å². The maximum absolute atomic E-state index is 12.7. The van der Waals surface area contributed by atoms with E-state index in [9.17, 15) is 14.4 Å². The van der Waals surface area contributed by atoms with E-state index in [1.807, 2.05) is 0 Å². The highest BCUT2D eigenvalue weighted by atomic mass is 16.2. The fourth-order valence-corrected chi connectivity index (χ4v) is 3.31. The van der Waals surface area contributed by atoms with Crippen LogP contribution in [0.15, 0.2) is 0 Å². The summed E-state index contributed by atoms with van der Waals surface area (Å²) < 4.78 is 0.